The van der Waals surface area contributed by atoms with Crippen LogP contribution in [-0.4, -0.2) is 67.7 Å². The molecule has 0 aliphatic carbocycles. The molecule has 0 saturated carbocycles. The van der Waals surface area contributed by atoms with Crippen LogP contribution in [0.4, 0.5) is 18.9 Å². The average molecular weight is 385 g/mol. The SMILES string of the molecule is CCCCN(CC)c1ccc(C(=O)N2CCCN(CC(F)(F)F)CC2)cc1. The minimum absolute atomic E-state index is 0.105. The van der Waals surface area contributed by atoms with Crippen molar-refractivity contribution in [3.05, 3.63) is 29.8 Å². The Balaban J connectivity index is 1.97. The van der Waals surface area contributed by atoms with Crippen LogP contribution < -0.4 is 4.90 Å². The van der Waals surface area contributed by atoms with Gasteiger partial charge in [-0.15, -0.1) is 0 Å². The van der Waals surface area contributed by atoms with Crippen molar-refractivity contribution >= 4 is 11.6 Å². The molecule has 0 radical (unpaired) electrons. The Kier molecular flexibility index (Phi) is 7.95. The zero-order valence-electron chi connectivity index (χ0n) is 16.3. The van der Waals surface area contributed by atoms with Crippen LogP contribution in [0.25, 0.3) is 0 Å². The van der Waals surface area contributed by atoms with Crippen molar-refractivity contribution in [2.45, 2.75) is 39.3 Å². The summed E-state index contributed by atoms with van der Waals surface area (Å²) in [6, 6.07) is 7.57. The Morgan fingerprint density at radius 1 is 1.07 bits per heavy atom. The summed E-state index contributed by atoms with van der Waals surface area (Å²) >= 11 is 0. The highest BCUT2D eigenvalue weighted by atomic mass is 19.4. The number of rotatable bonds is 7. The average Bonchev–Trinajstić information content (AvgIpc) is 2.86. The molecular formula is C20H30F3N3O. The van der Waals surface area contributed by atoms with Gasteiger partial charge in [-0.25, -0.2) is 0 Å². The van der Waals surface area contributed by atoms with Crippen molar-refractivity contribution < 1.29 is 18.0 Å². The lowest BCUT2D eigenvalue weighted by molar-refractivity contribution is -0.145. The van der Waals surface area contributed by atoms with Gasteiger partial charge in [-0.3, -0.25) is 9.69 Å². The molecule has 152 valence electrons. The first-order valence-electron chi connectivity index (χ1n) is 9.77. The number of unbranched alkanes of at least 4 members (excludes halogenated alkanes) is 1. The molecule has 0 atom stereocenters. The zero-order chi connectivity index (χ0) is 19.9. The summed E-state index contributed by atoms with van der Waals surface area (Å²) in [7, 11) is 0. The highest BCUT2D eigenvalue weighted by Gasteiger charge is 2.32. The van der Waals surface area contributed by atoms with Crippen molar-refractivity contribution in [3.8, 4) is 0 Å². The number of carbonyl (C=O) groups excluding carboxylic acids is 1. The fraction of sp³-hybridized carbons (Fsp3) is 0.650. The van der Waals surface area contributed by atoms with Crippen LogP contribution in [0, 0.1) is 0 Å². The lowest BCUT2D eigenvalue weighted by Crippen LogP contribution is -2.38. The van der Waals surface area contributed by atoms with Gasteiger partial charge in [0.25, 0.3) is 5.91 Å². The summed E-state index contributed by atoms with van der Waals surface area (Å²) in [5.41, 5.74) is 1.68. The molecule has 4 nitrogen and oxygen atoms in total. The van der Waals surface area contributed by atoms with E-state index >= 15 is 0 Å². The molecule has 0 bridgehead atoms. The van der Waals surface area contributed by atoms with E-state index in [0.717, 1.165) is 31.6 Å². The van der Waals surface area contributed by atoms with Crippen LogP contribution in [0.15, 0.2) is 24.3 Å². The monoisotopic (exact) mass is 385 g/mol. The third-order valence-corrected chi connectivity index (χ3v) is 4.92. The molecule has 1 fully saturated rings. The summed E-state index contributed by atoms with van der Waals surface area (Å²) in [5.74, 6) is -0.105. The third-order valence-electron chi connectivity index (χ3n) is 4.92. The number of benzene rings is 1. The summed E-state index contributed by atoms with van der Waals surface area (Å²) in [5, 5.41) is 0. The maximum atomic E-state index is 12.7. The van der Waals surface area contributed by atoms with E-state index in [1.165, 1.54) is 4.90 Å². The predicted molar refractivity (Wildman–Crippen MR) is 102 cm³/mol. The first-order chi connectivity index (χ1) is 12.8. The second-order valence-corrected chi connectivity index (χ2v) is 7.02. The van der Waals surface area contributed by atoms with Crippen molar-refractivity contribution in [2.24, 2.45) is 0 Å². The van der Waals surface area contributed by atoms with E-state index in [2.05, 4.69) is 18.7 Å². The van der Waals surface area contributed by atoms with Gasteiger partial charge in [-0.1, -0.05) is 13.3 Å². The molecular weight excluding hydrogens is 355 g/mol. The maximum absolute atomic E-state index is 12.7. The molecule has 27 heavy (non-hydrogen) atoms. The molecule has 1 aromatic rings. The molecule has 1 amide bonds. The standard InChI is InChI=1S/C20H30F3N3O/c1-3-5-12-25(4-2)18-9-7-17(8-10-18)19(27)26-13-6-11-24(14-15-26)16-20(21,22)23/h7-10H,3-6,11-16H2,1-2H3. The van der Waals surface area contributed by atoms with Crippen LogP contribution in [0.3, 0.4) is 0 Å². The predicted octanol–water partition coefficient (Wildman–Crippen LogP) is 4.02. The van der Waals surface area contributed by atoms with E-state index in [4.69, 9.17) is 0 Å². The van der Waals surface area contributed by atoms with Gasteiger partial charge in [-0.05, 0) is 44.0 Å². The lowest BCUT2D eigenvalue weighted by Gasteiger charge is -2.24. The highest BCUT2D eigenvalue weighted by Crippen LogP contribution is 2.20. The normalized spacial score (nSPS) is 16.3. The van der Waals surface area contributed by atoms with Gasteiger partial charge in [0, 0.05) is 50.5 Å². The van der Waals surface area contributed by atoms with E-state index in [-0.39, 0.29) is 12.5 Å². The maximum Gasteiger partial charge on any atom is 0.401 e. The minimum atomic E-state index is -4.20. The smallest absolute Gasteiger partial charge is 0.372 e. The van der Waals surface area contributed by atoms with Crippen LogP contribution in [0.5, 0.6) is 0 Å². The molecule has 1 heterocycles. The van der Waals surface area contributed by atoms with Crippen molar-refractivity contribution in [1.29, 1.82) is 0 Å². The van der Waals surface area contributed by atoms with Crippen LogP contribution in [-0.2, 0) is 0 Å². The first kappa shape index (κ1) is 21.5. The second kappa shape index (κ2) is 9.97. The number of anilines is 1. The molecule has 1 aliphatic rings. The summed E-state index contributed by atoms with van der Waals surface area (Å²) in [4.78, 5) is 18.1. The quantitative estimate of drug-likeness (QED) is 0.709. The fourth-order valence-electron chi connectivity index (χ4n) is 3.40. The Hall–Kier alpha value is -1.76. The van der Waals surface area contributed by atoms with E-state index in [9.17, 15) is 18.0 Å². The van der Waals surface area contributed by atoms with E-state index < -0.39 is 12.7 Å². The number of hydrogen-bond donors (Lipinski definition) is 0. The van der Waals surface area contributed by atoms with Gasteiger partial charge in [0.15, 0.2) is 0 Å². The Bertz CT molecular complexity index is 589. The van der Waals surface area contributed by atoms with Gasteiger partial charge >= 0.3 is 6.18 Å². The topological polar surface area (TPSA) is 26.8 Å². The minimum Gasteiger partial charge on any atom is -0.372 e. The molecule has 0 spiro atoms. The van der Waals surface area contributed by atoms with Crippen LogP contribution in [0.1, 0.15) is 43.5 Å². The first-order valence-corrected chi connectivity index (χ1v) is 9.77. The Morgan fingerprint density at radius 3 is 2.37 bits per heavy atom. The van der Waals surface area contributed by atoms with E-state index in [0.29, 0.717) is 31.6 Å². The van der Waals surface area contributed by atoms with Crippen molar-refractivity contribution in [2.75, 3.05) is 50.7 Å². The molecule has 1 aliphatic heterocycles. The number of carbonyl (C=O) groups is 1. The molecule has 0 unspecified atom stereocenters. The highest BCUT2D eigenvalue weighted by molar-refractivity contribution is 5.94. The van der Waals surface area contributed by atoms with Crippen molar-refractivity contribution in [1.82, 2.24) is 9.80 Å². The van der Waals surface area contributed by atoms with Crippen LogP contribution in [0.2, 0.25) is 0 Å². The number of nitrogens with zero attached hydrogens (tertiary/aromatic N) is 3. The Labute approximate surface area is 159 Å². The molecule has 1 aromatic carbocycles. The van der Waals surface area contributed by atoms with Gasteiger partial charge in [0.2, 0.25) is 0 Å². The zero-order valence-corrected chi connectivity index (χ0v) is 16.3. The number of alkyl halides is 3. The van der Waals surface area contributed by atoms with Gasteiger partial charge < -0.3 is 9.80 Å². The fourth-order valence-corrected chi connectivity index (χ4v) is 3.40. The van der Waals surface area contributed by atoms with E-state index in [1.54, 1.807) is 4.90 Å². The number of amides is 1. The second-order valence-electron chi connectivity index (χ2n) is 7.02. The van der Waals surface area contributed by atoms with Gasteiger partial charge in [0.1, 0.15) is 0 Å². The lowest BCUT2D eigenvalue weighted by atomic mass is 10.1. The van der Waals surface area contributed by atoms with Crippen LogP contribution >= 0.6 is 0 Å². The summed E-state index contributed by atoms with van der Waals surface area (Å²) in [6.07, 6.45) is -1.39. The molecule has 7 heteroatoms. The van der Waals surface area contributed by atoms with E-state index in [1.807, 2.05) is 24.3 Å². The van der Waals surface area contributed by atoms with Crippen molar-refractivity contribution in [3.63, 3.8) is 0 Å². The number of halogens is 3. The summed E-state index contributed by atoms with van der Waals surface area (Å²) < 4.78 is 37.7. The Morgan fingerprint density at radius 2 is 1.78 bits per heavy atom. The number of hydrogen-bond acceptors (Lipinski definition) is 3. The molecule has 0 N–H and O–H groups in total. The molecule has 2 rings (SSSR count). The van der Waals surface area contributed by atoms with Gasteiger partial charge in [-0.2, -0.15) is 13.2 Å². The molecule has 0 aromatic heterocycles. The third kappa shape index (κ3) is 6.72. The van der Waals surface area contributed by atoms with Gasteiger partial charge in [0.05, 0.1) is 6.54 Å². The summed E-state index contributed by atoms with van der Waals surface area (Å²) in [6.45, 7) is 6.70. The largest absolute Gasteiger partial charge is 0.401 e. The molecule has 1 saturated heterocycles.